The van der Waals surface area contributed by atoms with Crippen LogP contribution in [0.3, 0.4) is 0 Å². The number of nitrogens with zero attached hydrogens (tertiary/aromatic N) is 1. The summed E-state index contributed by atoms with van der Waals surface area (Å²) in [6.07, 6.45) is 0. The van der Waals surface area contributed by atoms with Gasteiger partial charge in [0.2, 0.25) is 0 Å². The van der Waals surface area contributed by atoms with Crippen molar-refractivity contribution in [2.24, 2.45) is 0 Å². The number of carboxylic acids is 1. The zero-order valence-electron chi connectivity index (χ0n) is 11.5. The number of hydrogen-bond donors (Lipinski definition) is 2. The van der Waals surface area contributed by atoms with E-state index in [1.807, 2.05) is 0 Å². The predicted molar refractivity (Wildman–Crippen MR) is 75.0 cm³/mol. The SMILES string of the molecule is Cc1ccc(C(=O)Nc2cc(C(=O)O)ccc2F)c(C)n1. The van der Waals surface area contributed by atoms with Crippen LogP contribution in [0.25, 0.3) is 0 Å². The van der Waals surface area contributed by atoms with Gasteiger partial charge in [-0.15, -0.1) is 0 Å². The van der Waals surface area contributed by atoms with Crippen molar-refractivity contribution in [2.75, 3.05) is 5.32 Å². The highest BCUT2D eigenvalue weighted by Gasteiger charge is 2.14. The van der Waals surface area contributed by atoms with E-state index >= 15 is 0 Å². The maximum Gasteiger partial charge on any atom is 0.335 e. The van der Waals surface area contributed by atoms with Gasteiger partial charge in [-0.3, -0.25) is 9.78 Å². The fourth-order valence-electron chi connectivity index (χ4n) is 1.87. The van der Waals surface area contributed by atoms with E-state index in [2.05, 4.69) is 10.3 Å². The highest BCUT2D eigenvalue weighted by molar-refractivity contribution is 6.05. The number of pyridine rings is 1. The van der Waals surface area contributed by atoms with Crippen LogP contribution in [-0.4, -0.2) is 22.0 Å². The molecule has 1 heterocycles. The third kappa shape index (κ3) is 3.22. The van der Waals surface area contributed by atoms with Crippen molar-refractivity contribution in [3.05, 3.63) is 58.7 Å². The normalized spacial score (nSPS) is 10.2. The van der Waals surface area contributed by atoms with Crippen LogP contribution < -0.4 is 5.32 Å². The number of carboxylic acid groups (broad SMARTS) is 1. The van der Waals surface area contributed by atoms with Crippen LogP contribution in [0.1, 0.15) is 32.1 Å². The Morgan fingerprint density at radius 2 is 1.90 bits per heavy atom. The largest absolute Gasteiger partial charge is 0.478 e. The fraction of sp³-hybridized carbons (Fsp3) is 0.133. The topological polar surface area (TPSA) is 79.3 Å². The molecule has 108 valence electrons. The molecule has 0 aliphatic heterocycles. The Bertz CT molecular complexity index is 729. The van der Waals surface area contributed by atoms with Gasteiger partial charge in [0.15, 0.2) is 0 Å². The van der Waals surface area contributed by atoms with E-state index in [-0.39, 0.29) is 11.3 Å². The first-order chi connectivity index (χ1) is 9.88. The van der Waals surface area contributed by atoms with Crippen molar-refractivity contribution >= 4 is 17.6 Å². The molecule has 2 rings (SSSR count). The van der Waals surface area contributed by atoms with Gasteiger partial charge in [-0.1, -0.05) is 0 Å². The van der Waals surface area contributed by atoms with Gasteiger partial charge in [-0.2, -0.15) is 0 Å². The number of aromatic nitrogens is 1. The lowest BCUT2D eigenvalue weighted by atomic mass is 10.1. The van der Waals surface area contributed by atoms with Gasteiger partial charge < -0.3 is 10.4 Å². The number of aromatic carboxylic acids is 1. The molecule has 0 saturated carbocycles. The molecule has 0 atom stereocenters. The summed E-state index contributed by atoms with van der Waals surface area (Å²) in [7, 11) is 0. The average molecular weight is 288 g/mol. The van der Waals surface area contributed by atoms with E-state index in [4.69, 9.17) is 5.11 Å². The summed E-state index contributed by atoms with van der Waals surface area (Å²) in [6.45, 7) is 3.47. The second kappa shape index (κ2) is 5.70. The van der Waals surface area contributed by atoms with Gasteiger partial charge in [-0.05, 0) is 44.2 Å². The Labute approximate surface area is 120 Å². The highest BCUT2D eigenvalue weighted by Crippen LogP contribution is 2.18. The molecule has 2 N–H and O–H groups in total. The summed E-state index contributed by atoms with van der Waals surface area (Å²) in [5.41, 5.74) is 1.30. The minimum absolute atomic E-state index is 0.106. The summed E-state index contributed by atoms with van der Waals surface area (Å²) < 4.78 is 13.7. The molecule has 1 amide bonds. The molecule has 1 aromatic heterocycles. The van der Waals surface area contributed by atoms with Crippen molar-refractivity contribution in [1.29, 1.82) is 0 Å². The van der Waals surface area contributed by atoms with Gasteiger partial charge in [0.05, 0.1) is 22.5 Å². The van der Waals surface area contributed by atoms with Crippen molar-refractivity contribution in [1.82, 2.24) is 4.98 Å². The number of aryl methyl sites for hydroxylation is 2. The molecule has 0 fully saturated rings. The molecule has 5 nitrogen and oxygen atoms in total. The Hall–Kier alpha value is -2.76. The van der Waals surface area contributed by atoms with E-state index in [1.54, 1.807) is 26.0 Å². The summed E-state index contributed by atoms with van der Waals surface area (Å²) in [6, 6.07) is 6.47. The van der Waals surface area contributed by atoms with E-state index in [0.29, 0.717) is 11.3 Å². The number of nitrogens with one attached hydrogen (secondary N) is 1. The number of anilines is 1. The van der Waals surface area contributed by atoms with Gasteiger partial charge in [0.25, 0.3) is 5.91 Å². The van der Waals surface area contributed by atoms with Crippen LogP contribution in [0.2, 0.25) is 0 Å². The maximum atomic E-state index is 13.7. The minimum Gasteiger partial charge on any atom is -0.478 e. The third-order valence-corrected chi connectivity index (χ3v) is 2.93. The fourth-order valence-corrected chi connectivity index (χ4v) is 1.87. The summed E-state index contributed by atoms with van der Waals surface area (Å²) >= 11 is 0. The molecule has 0 unspecified atom stereocenters. The van der Waals surface area contributed by atoms with Gasteiger partial charge in [0, 0.05) is 5.69 Å². The molecule has 0 aliphatic carbocycles. The minimum atomic E-state index is -1.20. The van der Waals surface area contributed by atoms with Crippen molar-refractivity contribution in [3.63, 3.8) is 0 Å². The van der Waals surface area contributed by atoms with Crippen LogP contribution >= 0.6 is 0 Å². The average Bonchev–Trinajstić information content (AvgIpc) is 2.40. The quantitative estimate of drug-likeness (QED) is 0.910. The van der Waals surface area contributed by atoms with E-state index < -0.39 is 17.7 Å². The van der Waals surface area contributed by atoms with Gasteiger partial charge >= 0.3 is 5.97 Å². The summed E-state index contributed by atoms with van der Waals surface area (Å²) in [5.74, 6) is -2.44. The zero-order valence-corrected chi connectivity index (χ0v) is 11.5. The second-order valence-electron chi connectivity index (χ2n) is 4.54. The number of benzene rings is 1. The van der Waals surface area contributed by atoms with Gasteiger partial charge in [-0.25, -0.2) is 9.18 Å². The molecular weight excluding hydrogens is 275 g/mol. The molecule has 2 aromatic rings. The first-order valence-electron chi connectivity index (χ1n) is 6.17. The van der Waals surface area contributed by atoms with Crippen LogP contribution in [0.4, 0.5) is 10.1 Å². The number of halogens is 1. The molecular formula is C15H13FN2O3. The van der Waals surface area contributed by atoms with E-state index in [9.17, 15) is 14.0 Å². The first-order valence-corrected chi connectivity index (χ1v) is 6.17. The monoisotopic (exact) mass is 288 g/mol. The predicted octanol–water partition coefficient (Wildman–Crippen LogP) is 2.79. The number of carbonyl (C=O) groups is 2. The molecule has 6 heteroatoms. The molecule has 1 aromatic carbocycles. The lowest BCUT2D eigenvalue weighted by Gasteiger charge is -2.09. The van der Waals surface area contributed by atoms with E-state index in [1.165, 1.54) is 0 Å². The Balaban J connectivity index is 2.31. The van der Waals surface area contributed by atoms with Crippen molar-refractivity contribution < 1.29 is 19.1 Å². The summed E-state index contributed by atoms with van der Waals surface area (Å²) in [5, 5.41) is 11.2. The molecule has 21 heavy (non-hydrogen) atoms. The van der Waals surface area contributed by atoms with E-state index in [0.717, 1.165) is 23.9 Å². The maximum absolute atomic E-state index is 13.7. The lowest BCUT2D eigenvalue weighted by Crippen LogP contribution is -2.15. The lowest BCUT2D eigenvalue weighted by molar-refractivity contribution is 0.0696. The Kier molecular flexibility index (Phi) is 3.98. The molecule has 0 saturated heterocycles. The van der Waals surface area contributed by atoms with Crippen LogP contribution in [0, 0.1) is 19.7 Å². The third-order valence-electron chi connectivity index (χ3n) is 2.93. The van der Waals surface area contributed by atoms with Crippen molar-refractivity contribution in [2.45, 2.75) is 13.8 Å². The number of rotatable bonds is 3. The smallest absolute Gasteiger partial charge is 0.335 e. The number of amides is 1. The first kappa shape index (κ1) is 14.6. The highest BCUT2D eigenvalue weighted by atomic mass is 19.1. The molecule has 0 bridgehead atoms. The van der Waals surface area contributed by atoms with Crippen molar-refractivity contribution in [3.8, 4) is 0 Å². The molecule has 0 aliphatic rings. The Morgan fingerprint density at radius 3 is 2.52 bits per heavy atom. The summed E-state index contributed by atoms with van der Waals surface area (Å²) in [4.78, 5) is 27.1. The molecule has 0 radical (unpaired) electrons. The molecule has 0 spiro atoms. The zero-order chi connectivity index (χ0) is 15.6. The number of hydrogen-bond acceptors (Lipinski definition) is 3. The Morgan fingerprint density at radius 1 is 1.19 bits per heavy atom. The standard InChI is InChI=1S/C15H13FN2O3/c1-8-3-5-11(9(2)17-8)14(19)18-13-7-10(15(20)21)4-6-12(13)16/h3-7H,1-2H3,(H,18,19)(H,20,21). The second-order valence-corrected chi connectivity index (χ2v) is 4.54. The van der Waals surface area contributed by atoms with Gasteiger partial charge in [0.1, 0.15) is 5.82 Å². The van der Waals surface area contributed by atoms with Crippen LogP contribution in [0.15, 0.2) is 30.3 Å². The number of carbonyl (C=O) groups excluding carboxylic acids is 1. The van der Waals surface area contributed by atoms with Crippen LogP contribution in [0.5, 0.6) is 0 Å². The van der Waals surface area contributed by atoms with Crippen LogP contribution in [-0.2, 0) is 0 Å².